The number of rotatable bonds is 9. The molecule has 9 heteroatoms. The van der Waals surface area contributed by atoms with Crippen molar-refractivity contribution in [2.24, 2.45) is 5.92 Å². The Balaban J connectivity index is 1.53. The molecule has 0 unspecified atom stereocenters. The van der Waals surface area contributed by atoms with Crippen LogP contribution in [0.1, 0.15) is 48.2 Å². The number of carbonyl (C=O) groups is 1. The molecule has 1 amide bonds. The van der Waals surface area contributed by atoms with Crippen LogP contribution in [0.15, 0.2) is 29.2 Å². The molecule has 0 radical (unpaired) electrons. The number of sulfonamides is 1. The Kier molecular flexibility index (Phi) is 8.27. The second kappa shape index (κ2) is 10.9. The van der Waals surface area contributed by atoms with E-state index in [1.807, 2.05) is 30.4 Å². The van der Waals surface area contributed by atoms with Crippen LogP contribution in [0.25, 0.3) is 0 Å². The molecule has 0 saturated carbocycles. The second-order valence-corrected chi connectivity index (χ2v) is 10.6. The van der Waals surface area contributed by atoms with Crippen molar-refractivity contribution >= 4 is 15.9 Å². The highest BCUT2D eigenvalue weighted by Gasteiger charge is 2.25. The molecular weight excluding hydrogens is 438 g/mol. The second-order valence-electron chi connectivity index (χ2n) is 8.79. The van der Waals surface area contributed by atoms with Gasteiger partial charge in [-0.15, -0.1) is 0 Å². The number of hydrogen-bond donors (Lipinski definition) is 1. The third kappa shape index (κ3) is 6.42. The number of nitrogens with zero attached hydrogens (tertiary/aromatic N) is 4. The van der Waals surface area contributed by atoms with Gasteiger partial charge in [0, 0.05) is 31.7 Å². The first-order valence-corrected chi connectivity index (χ1v) is 12.9. The van der Waals surface area contributed by atoms with E-state index in [-0.39, 0.29) is 16.7 Å². The lowest BCUT2D eigenvalue weighted by Crippen LogP contribution is -2.43. The Bertz CT molecular complexity index is 1120. The fraction of sp³-hybridized carbons (Fsp3) is 0.542. The summed E-state index contributed by atoms with van der Waals surface area (Å²) in [4.78, 5) is 15.0. The van der Waals surface area contributed by atoms with Crippen LogP contribution >= 0.6 is 0 Å². The third-order valence-corrected chi connectivity index (χ3v) is 7.76. The van der Waals surface area contributed by atoms with Crippen molar-refractivity contribution < 1.29 is 13.2 Å². The molecule has 1 aromatic carbocycles. The summed E-state index contributed by atoms with van der Waals surface area (Å²) in [6.45, 7) is 7.99. The van der Waals surface area contributed by atoms with Crippen LogP contribution in [0, 0.1) is 38.0 Å². The zero-order valence-electron chi connectivity index (χ0n) is 19.7. The molecule has 2 heterocycles. The molecule has 1 saturated heterocycles. The van der Waals surface area contributed by atoms with Crippen molar-refractivity contribution in [3.05, 3.63) is 46.8 Å². The maximum Gasteiger partial charge on any atom is 0.240 e. The molecule has 1 N–H and O–H groups in total. The van der Waals surface area contributed by atoms with Gasteiger partial charge in [-0.2, -0.15) is 10.4 Å². The van der Waals surface area contributed by atoms with Gasteiger partial charge in [0.15, 0.2) is 0 Å². The molecule has 1 fully saturated rings. The predicted octanol–water partition coefficient (Wildman–Crippen LogP) is 2.87. The summed E-state index contributed by atoms with van der Waals surface area (Å²) in [5.74, 6) is 0.185. The summed E-state index contributed by atoms with van der Waals surface area (Å²) in [6, 6.07) is 8.93. The first-order valence-electron chi connectivity index (χ1n) is 11.4. The summed E-state index contributed by atoms with van der Waals surface area (Å²) < 4.78 is 29.7. The van der Waals surface area contributed by atoms with Crippen molar-refractivity contribution in [2.45, 2.75) is 64.3 Å². The number of carbonyl (C=O) groups excluding carboxylic acids is 1. The zero-order chi connectivity index (χ0) is 24.0. The quantitative estimate of drug-likeness (QED) is 0.605. The summed E-state index contributed by atoms with van der Waals surface area (Å²) in [5, 5.41) is 13.3. The van der Waals surface area contributed by atoms with E-state index in [0.29, 0.717) is 45.4 Å². The Hall–Kier alpha value is -2.70. The first kappa shape index (κ1) is 24.9. The maximum atomic E-state index is 12.9. The molecule has 0 aliphatic carbocycles. The van der Waals surface area contributed by atoms with E-state index >= 15 is 0 Å². The smallest absolute Gasteiger partial charge is 0.240 e. The van der Waals surface area contributed by atoms with Crippen LogP contribution in [-0.2, 0) is 27.8 Å². The minimum absolute atomic E-state index is 0.0877. The van der Waals surface area contributed by atoms with Gasteiger partial charge >= 0.3 is 0 Å². The van der Waals surface area contributed by atoms with E-state index in [2.05, 4.69) is 15.9 Å². The standard InChI is InChI=1S/C24H33N5O3S/c1-18-7-9-22(10-8-18)33(31,32)26-16-21-6-4-14-28(17-21)24(30)12-11-23-19(2)27-29(20(23)3)15-5-13-25/h7-10,21,26H,4-6,11-12,14-17H2,1-3H3/t21-/m0/s1. The molecule has 178 valence electrons. The molecular formula is C24H33N5O3S. The lowest BCUT2D eigenvalue weighted by atomic mass is 9.97. The Morgan fingerprint density at radius 1 is 1.24 bits per heavy atom. The van der Waals surface area contributed by atoms with Crippen LogP contribution in [0.2, 0.25) is 0 Å². The SMILES string of the molecule is Cc1ccc(S(=O)(=O)NC[C@@H]2CCCN(C(=O)CCc3c(C)nn(CCC#N)c3C)C2)cc1. The van der Waals surface area contributed by atoms with E-state index in [4.69, 9.17) is 5.26 Å². The monoisotopic (exact) mass is 471 g/mol. The molecule has 1 aliphatic rings. The van der Waals surface area contributed by atoms with Gasteiger partial charge in [0.05, 0.1) is 29.6 Å². The Morgan fingerprint density at radius 3 is 2.67 bits per heavy atom. The van der Waals surface area contributed by atoms with Crippen LogP contribution < -0.4 is 4.72 Å². The molecule has 33 heavy (non-hydrogen) atoms. The molecule has 1 aliphatic heterocycles. The van der Waals surface area contributed by atoms with Crippen molar-refractivity contribution in [2.75, 3.05) is 19.6 Å². The molecule has 3 rings (SSSR count). The number of hydrogen-bond acceptors (Lipinski definition) is 5. The van der Waals surface area contributed by atoms with Gasteiger partial charge in [0.2, 0.25) is 15.9 Å². The molecule has 1 atom stereocenters. The van der Waals surface area contributed by atoms with Gasteiger partial charge in [0.1, 0.15) is 0 Å². The van der Waals surface area contributed by atoms with Crippen LogP contribution in [0.5, 0.6) is 0 Å². The van der Waals surface area contributed by atoms with Crippen molar-refractivity contribution in [1.29, 1.82) is 5.26 Å². The van der Waals surface area contributed by atoms with Crippen molar-refractivity contribution in [3.8, 4) is 6.07 Å². The number of benzene rings is 1. The number of aromatic nitrogens is 2. The third-order valence-electron chi connectivity index (χ3n) is 6.32. The number of nitrogens with one attached hydrogen (secondary N) is 1. The van der Waals surface area contributed by atoms with Gasteiger partial charge in [-0.05, 0) is 63.6 Å². The van der Waals surface area contributed by atoms with Gasteiger partial charge in [0.25, 0.3) is 0 Å². The minimum atomic E-state index is -3.56. The highest BCUT2D eigenvalue weighted by Crippen LogP contribution is 2.20. The Morgan fingerprint density at radius 2 is 1.97 bits per heavy atom. The highest BCUT2D eigenvalue weighted by molar-refractivity contribution is 7.89. The number of piperidine rings is 1. The van der Waals surface area contributed by atoms with Gasteiger partial charge < -0.3 is 4.90 Å². The number of likely N-dealkylation sites (tertiary alicyclic amines) is 1. The molecule has 0 spiro atoms. The highest BCUT2D eigenvalue weighted by atomic mass is 32.2. The average molecular weight is 472 g/mol. The van der Waals surface area contributed by atoms with Gasteiger partial charge in [-0.25, -0.2) is 13.1 Å². The number of aryl methyl sites for hydroxylation is 3. The zero-order valence-corrected chi connectivity index (χ0v) is 20.5. The summed E-state index contributed by atoms with van der Waals surface area (Å²) >= 11 is 0. The largest absolute Gasteiger partial charge is 0.342 e. The first-order chi connectivity index (χ1) is 15.7. The number of nitriles is 1. The van der Waals surface area contributed by atoms with Crippen molar-refractivity contribution in [1.82, 2.24) is 19.4 Å². The van der Waals surface area contributed by atoms with E-state index in [1.54, 1.807) is 24.3 Å². The van der Waals surface area contributed by atoms with E-state index < -0.39 is 10.0 Å². The van der Waals surface area contributed by atoms with Crippen molar-refractivity contribution in [3.63, 3.8) is 0 Å². The summed E-state index contributed by atoms with van der Waals surface area (Å²) in [7, 11) is -3.56. The van der Waals surface area contributed by atoms with Gasteiger partial charge in [-0.3, -0.25) is 9.48 Å². The van der Waals surface area contributed by atoms with Crippen LogP contribution in [0.3, 0.4) is 0 Å². The molecule has 8 nitrogen and oxygen atoms in total. The van der Waals surface area contributed by atoms with E-state index in [0.717, 1.165) is 35.4 Å². The lowest BCUT2D eigenvalue weighted by molar-refractivity contribution is -0.132. The normalized spacial score (nSPS) is 16.5. The topological polar surface area (TPSA) is 108 Å². The van der Waals surface area contributed by atoms with Crippen LogP contribution in [0.4, 0.5) is 0 Å². The summed E-state index contributed by atoms with van der Waals surface area (Å²) in [6.07, 6.45) is 3.18. The lowest BCUT2D eigenvalue weighted by Gasteiger charge is -2.33. The summed E-state index contributed by atoms with van der Waals surface area (Å²) in [5.41, 5.74) is 3.99. The van der Waals surface area contributed by atoms with Crippen LogP contribution in [-0.4, -0.2) is 48.6 Å². The fourth-order valence-electron chi connectivity index (χ4n) is 4.35. The minimum Gasteiger partial charge on any atom is -0.342 e. The fourth-order valence-corrected chi connectivity index (χ4v) is 5.46. The molecule has 2 aromatic rings. The van der Waals surface area contributed by atoms with E-state index in [1.165, 1.54) is 0 Å². The molecule has 1 aromatic heterocycles. The van der Waals surface area contributed by atoms with E-state index in [9.17, 15) is 13.2 Å². The average Bonchev–Trinajstić information content (AvgIpc) is 3.07. The number of amides is 1. The predicted molar refractivity (Wildman–Crippen MR) is 126 cm³/mol. The maximum absolute atomic E-state index is 12.9. The molecule has 0 bridgehead atoms. The van der Waals surface area contributed by atoms with Gasteiger partial charge in [-0.1, -0.05) is 17.7 Å². The Labute approximate surface area is 196 Å².